The fourth-order valence-corrected chi connectivity index (χ4v) is 5.16. The molecule has 0 spiro atoms. The summed E-state index contributed by atoms with van der Waals surface area (Å²) < 4.78 is 12.9. The van der Waals surface area contributed by atoms with Crippen LogP contribution in [0.3, 0.4) is 0 Å². The van der Waals surface area contributed by atoms with Gasteiger partial charge in [-0.1, -0.05) is 29.4 Å². The highest BCUT2D eigenvalue weighted by Crippen LogP contribution is 2.39. The number of allylic oxidation sites excluding steroid dienone is 1. The topological polar surface area (TPSA) is 69.5 Å². The van der Waals surface area contributed by atoms with E-state index in [0.29, 0.717) is 29.1 Å². The van der Waals surface area contributed by atoms with E-state index in [-0.39, 0.29) is 17.7 Å². The second-order valence-electron chi connectivity index (χ2n) is 7.85. The Morgan fingerprint density at radius 2 is 2.00 bits per heavy atom. The quantitative estimate of drug-likeness (QED) is 0.296. The van der Waals surface area contributed by atoms with Crippen LogP contribution >= 0.6 is 23.4 Å². The Bertz CT molecular complexity index is 1170. The van der Waals surface area contributed by atoms with E-state index in [2.05, 4.69) is 16.8 Å². The summed E-state index contributed by atoms with van der Waals surface area (Å²) in [5.74, 6) is 2.54. The van der Waals surface area contributed by atoms with E-state index in [1.807, 2.05) is 51.9 Å². The molecule has 1 aliphatic rings. The number of aromatic nitrogens is 3. The third kappa shape index (κ3) is 5.08. The van der Waals surface area contributed by atoms with Crippen molar-refractivity contribution in [3.8, 4) is 22.9 Å². The normalized spacial score (nSPS) is 15.4. The van der Waals surface area contributed by atoms with Crippen molar-refractivity contribution in [2.45, 2.75) is 30.6 Å². The molecule has 1 unspecified atom stereocenters. The van der Waals surface area contributed by atoms with Crippen LogP contribution in [-0.4, -0.2) is 52.1 Å². The van der Waals surface area contributed by atoms with E-state index in [1.54, 1.807) is 20.3 Å². The predicted octanol–water partition coefficient (Wildman–Crippen LogP) is 5.26. The van der Waals surface area contributed by atoms with Crippen LogP contribution in [0.2, 0.25) is 5.02 Å². The van der Waals surface area contributed by atoms with Crippen LogP contribution in [0.1, 0.15) is 24.4 Å². The van der Waals surface area contributed by atoms with E-state index in [0.717, 1.165) is 35.5 Å². The zero-order valence-electron chi connectivity index (χ0n) is 19.2. The molecule has 0 bridgehead atoms. The van der Waals surface area contributed by atoms with Gasteiger partial charge in [0.1, 0.15) is 11.5 Å². The summed E-state index contributed by atoms with van der Waals surface area (Å²) in [5.41, 5.74) is 1.87. The summed E-state index contributed by atoms with van der Waals surface area (Å²) in [6, 6.07) is 13.1. The molecular weight excluding hydrogens is 472 g/mol. The average molecular weight is 499 g/mol. The van der Waals surface area contributed by atoms with Gasteiger partial charge in [0.25, 0.3) is 0 Å². The van der Waals surface area contributed by atoms with Gasteiger partial charge in [-0.3, -0.25) is 9.36 Å². The van der Waals surface area contributed by atoms with Crippen molar-refractivity contribution < 1.29 is 14.3 Å². The summed E-state index contributed by atoms with van der Waals surface area (Å²) in [6.45, 7) is 5.10. The van der Waals surface area contributed by atoms with E-state index >= 15 is 0 Å². The minimum atomic E-state index is -0.0474. The largest absolute Gasteiger partial charge is 0.497 e. The average Bonchev–Trinajstić information content (AvgIpc) is 3.50. The molecular formula is C25H27ClN4O3S. The SMILES string of the molecule is C=CCn1c(SCC(=O)N2CCCC2c2cc(OC)ccc2OC)nnc1-c1ccc(Cl)cc1. The minimum Gasteiger partial charge on any atom is -0.497 e. The van der Waals surface area contributed by atoms with Crippen molar-refractivity contribution in [3.63, 3.8) is 0 Å². The first kappa shape index (κ1) is 24.2. The monoisotopic (exact) mass is 498 g/mol. The number of amides is 1. The molecule has 1 aromatic heterocycles. The summed E-state index contributed by atoms with van der Waals surface area (Å²) in [4.78, 5) is 15.2. The number of methoxy groups -OCH3 is 2. The van der Waals surface area contributed by atoms with Gasteiger partial charge in [-0.05, 0) is 55.3 Å². The number of carbonyl (C=O) groups is 1. The summed E-state index contributed by atoms with van der Waals surface area (Å²) in [6.07, 6.45) is 3.61. The smallest absolute Gasteiger partial charge is 0.233 e. The molecule has 9 heteroatoms. The number of carbonyl (C=O) groups excluding carboxylic acids is 1. The number of hydrogen-bond acceptors (Lipinski definition) is 6. The highest BCUT2D eigenvalue weighted by atomic mass is 35.5. The fraction of sp³-hybridized carbons (Fsp3) is 0.320. The van der Waals surface area contributed by atoms with Crippen LogP contribution in [0.15, 0.2) is 60.3 Å². The van der Waals surface area contributed by atoms with Gasteiger partial charge in [0.2, 0.25) is 5.91 Å². The lowest BCUT2D eigenvalue weighted by Crippen LogP contribution is -2.32. The number of benzene rings is 2. The Hall–Kier alpha value is -2.97. The molecule has 1 amide bonds. The third-order valence-electron chi connectivity index (χ3n) is 5.82. The maximum absolute atomic E-state index is 13.3. The van der Waals surface area contributed by atoms with Gasteiger partial charge in [0, 0.05) is 29.2 Å². The maximum atomic E-state index is 13.3. The zero-order chi connectivity index (χ0) is 24.1. The van der Waals surface area contributed by atoms with Gasteiger partial charge in [-0.15, -0.1) is 16.8 Å². The molecule has 0 saturated carbocycles. The molecule has 1 aliphatic heterocycles. The summed E-state index contributed by atoms with van der Waals surface area (Å²) >= 11 is 7.41. The van der Waals surface area contributed by atoms with E-state index < -0.39 is 0 Å². The molecule has 3 aromatic rings. The minimum absolute atomic E-state index is 0.0474. The number of ether oxygens (including phenoxy) is 2. The third-order valence-corrected chi connectivity index (χ3v) is 7.03. The number of rotatable bonds is 9. The van der Waals surface area contributed by atoms with Crippen LogP contribution in [-0.2, 0) is 11.3 Å². The molecule has 1 fully saturated rings. The standard InChI is InChI=1S/C25H27ClN4O3S/c1-4-13-30-24(17-7-9-18(26)10-8-17)27-28-25(30)34-16-23(31)29-14-5-6-21(29)20-15-19(32-2)11-12-22(20)33-3/h4,7-12,15,21H,1,5-6,13-14,16H2,2-3H3. The van der Waals surface area contributed by atoms with Crippen LogP contribution in [0.25, 0.3) is 11.4 Å². The summed E-state index contributed by atoms with van der Waals surface area (Å²) in [7, 11) is 3.28. The Kier molecular flexibility index (Phi) is 7.80. The van der Waals surface area contributed by atoms with Gasteiger partial charge in [0.15, 0.2) is 11.0 Å². The molecule has 0 aliphatic carbocycles. The van der Waals surface area contributed by atoms with Crippen molar-refractivity contribution in [3.05, 3.63) is 65.7 Å². The molecule has 2 heterocycles. The van der Waals surface area contributed by atoms with Crippen LogP contribution in [0.5, 0.6) is 11.5 Å². The Morgan fingerprint density at radius 3 is 2.71 bits per heavy atom. The first-order chi connectivity index (χ1) is 16.5. The number of likely N-dealkylation sites (tertiary alicyclic amines) is 1. The second-order valence-corrected chi connectivity index (χ2v) is 9.23. The Balaban J connectivity index is 1.51. The van der Waals surface area contributed by atoms with E-state index in [9.17, 15) is 4.79 Å². The Labute approximate surface area is 208 Å². The lowest BCUT2D eigenvalue weighted by Gasteiger charge is -2.26. The lowest BCUT2D eigenvalue weighted by atomic mass is 10.0. The summed E-state index contributed by atoms with van der Waals surface area (Å²) in [5, 5.41) is 10.0. The van der Waals surface area contributed by atoms with Crippen LogP contribution < -0.4 is 9.47 Å². The van der Waals surface area contributed by atoms with E-state index in [1.165, 1.54) is 11.8 Å². The molecule has 34 heavy (non-hydrogen) atoms. The maximum Gasteiger partial charge on any atom is 0.233 e. The highest BCUT2D eigenvalue weighted by Gasteiger charge is 2.32. The molecule has 4 rings (SSSR count). The zero-order valence-corrected chi connectivity index (χ0v) is 20.8. The predicted molar refractivity (Wildman–Crippen MR) is 135 cm³/mol. The number of nitrogens with zero attached hydrogens (tertiary/aromatic N) is 4. The first-order valence-electron chi connectivity index (χ1n) is 11.0. The van der Waals surface area contributed by atoms with Gasteiger partial charge < -0.3 is 14.4 Å². The molecule has 1 saturated heterocycles. The molecule has 1 atom stereocenters. The number of halogens is 1. The van der Waals surface area contributed by atoms with Crippen LogP contribution in [0.4, 0.5) is 0 Å². The van der Waals surface area contributed by atoms with Crippen molar-refractivity contribution in [1.82, 2.24) is 19.7 Å². The molecule has 7 nitrogen and oxygen atoms in total. The van der Waals surface area contributed by atoms with Gasteiger partial charge >= 0.3 is 0 Å². The van der Waals surface area contributed by atoms with Crippen molar-refractivity contribution >= 4 is 29.3 Å². The molecule has 2 aromatic carbocycles. The van der Waals surface area contributed by atoms with Crippen molar-refractivity contribution in [2.24, 2.45) is 0 Å². The lowest BCUT2D eigenvalue weighted by molar-refractivity contribution is -0.129. The van der Waals surface area contributed by atoms with Gasteiger partial charge in [-0.2, -0.15) is 0 Å². The van der Waals surface area contributed by atoms with Crippen molar-refractivity contribution in [2.75, 3.05) is 26.5 Å². The van der Waals surface area contributed by atoms with Gasteiger partial charge in [0.05, 0.1) is 26.0 Å². The molecule has 178 valence electrons. The molecule has 0 N–H and O–H groups in total. The van der Waals surface area contributed by atoms with Crippen molar-refractivity contribution in [1.29, 1.82) is 0 Å². The van der Waals surface area contributed by atoms with E-state index in [4.69, 9.17) is 21.1 Å². The Morgan fingerprint density at radius 1 is 1.21 bits per heavy atom. The van der Waals surface area contributed by atoms with Crippen LogP contribution in [0, 0.1) is 0 Å². The highest BCUT2D eigenvalue weighted by molar-refractivity contribution is 7.99. The number of thioether (sulfide) groups is 1. The number of hydrogen-bond donors (Lipinski definition) is 0. The fourth-order valence-electron chi connectivity index (χ4n) is 4.20. The second kappa shape index (κ2) is 11.0. The molecule has 0 radical (unpaired) electrons. The first-order valence-corrected chi connectivity index (χ1v) is 12.4. The van der Waals surface area contributed by atoms with Gasteiger partial charge in [-0.25, -0.2) is 0 Å².